The first kappa shape index (κ1) is 19.5. The molecule has 4 aromatic rings. The number of thioether (sulfide) groups is 1. The van der Waals surface area contributed by atoms with Gasteiger partial charge in [-0.2, -0.15) is 0 Å². The molecule has 0 atom stereocenters. The highest BCUT2D eigenvalue weighted by Crippen LogP contribution is 2.44. The van der Waals surface area contributed by atoms with Gasteiger partial charge in [-0.05, 0) is 46.7 Å². The van der Waals surface area contributed by atoms with Crippen molar-refractivity contribution >= 4 is 45.5 Å². The molecule has 0 aliphatic rings. The highest BCUT2D eigenvalue weighted by Gasteiger charge is 2.26. The smallest absolute Gasteiger partial charge is 0.217 e. The van der Waals surface area contributed by atoms with Crippen LogP contribution in [0.15, 0.2) is 126 Å². The molecule has 29 heavy (non-hydrogen) atoms. The van der Waals surface area contributed by atoms with Crippen molar-refractivity contribution in [3.05, 3.63) is 121 Å². The molecule has 0 aromatic heterocycles. The minimum Gasteiger partial charge on any atom is -0.282 e. The molecule has 4 rings (SSSR count). The second-order valence-corrected chi connectivity index (χ2v) is 10.9. The van der Waals surface area contributed by atoms with Gasteiger partial charge in [0.25, 0.3) is 0 Å². The van der Waals surface area contributed by atoms with Gasteiger partial charge in [-0.15, -0.1) is 0 Å². The average molecular weight is 412 g/mol. The monoisotopic (exact) mass is 412 g/mol. The third kappa shape index (κ3) is 4.29. The molecule has 0 saturated heterocycles. The summed E-state index contributed by atoms with van der Waals surface area (Å²) < 4.78 is 0. The molecule has 142 valence electrons. The molecule has 0 aliphatic heterocycles. The Kier molecular flexibility index (Phi) is 6.14. The molecule has 0 fully saturated rings. The third-order valence-electron chi connectivity index (χ3n) is 4.75. The van der Waals surface area contributed by atoms with Crippen LogP contribution in [0.4, 0.5) is 0 Å². The van der Waals surface area contributed by atoms with Crippen LogP contribution in [0.1, 0.15) is 0 Å². The fourth-order valence-electron chi connectivity index (χ4n) is 3.45. The summed E-state index contributed by atoms with van der Waals surface area (Å²) in [6.07, 6.45) is 0. The molecule has 0 bridgehead atoms. The van der Waals surface area contributed by atoms with E-state index in [1.54, 1.807) is 0 Å². The number of carbonyl (C=O) groups excluding carboxylic acids is 1. The Labute approximate surface area is 176 Å². The van der Waals surface area contributed by atoms with Crippen molar-refractivity contribution in [3.63, 3.8) is 0 Å². The standard InChI is InChI=1S/C26H21OPS/c27-26(29-25-19-11-4-12-20-25)21-28(22-13-5-1-6-14-22,23-15-7-2-8-16-23)24-17-9-3-10-18-24/h1-21H. The van der Waals surface area contributed by atoms with Crippen LogP contribution >= 0.6 is 18.6 Å². The minimum atomic E-state index is -2.24. The Balaban J connectivity index is 1.96. The third-order valence-corrected chi connectivity index (χ3v) is 9.71. The molecule has 0 unspecified atom stereocenters. The van der Waals surface area contributed by atoms with E-state index in [1.807, 2.05) is 54.3 Å². The van der Waals surface area contributed by atoms with E-state index in [9.17, 15) is 4.79 Å². The normalized spacial score (nSPS) is 11.0. The van der Waals surface area contributed by atoms with Crippen molar-refractivity contribution in [2.45, 2.75) is 4.90 Å². The van der Waals surface area contributed by atoms with E-state index in [0.717, 1.165) is 4.90 Å². The van der Waals surface area contributed by atoms with Crippen molar-refractivity contribution in [1.29, 1.82) is 0 Å². The fraction of sp³-hybridized carbons (Fsp3) is 0. The predicted octanol–water partition coefficient (Wildman–Crippen LogP) is 5.10. The lowest BCUT2D eigenvalue weighted by Gasteiger charge is -2.28. The van der Waals surface area contributed by atoms with Gasteiger partial charge < -0.3 is 0 Å². The first-order chi connectivity index (χ1) is 14.3. The minimum absolute atomic E-state index is 0.0705. The summed E-state index contributed by atoms with van der Waals surface area (Å²) in [5.41, 5.74) is 0. The first-order valence-electron chi connectivity index (χ1n) is 9.47. The molecule has 0 amide bonds. The molecule has 4 aromatic carbocycles. The average Bonchev–Trinajstić information content (AvgIpc) is 2.80. The van der Waals surface area contributed by atoms with Gasteiger partial charge in [0.15, 0.2) is 0 Å². The van der Waals surface area contributed by atoms with Crippen LogP contribution in [0.2, 0.25) is 0 Å². The van der Waals surface area contributed by atoms with Crippen molar-refractivity contribution in [1.82, 2.24) is 0 Å². The lowest BCUT2D eigenvalue weighted by Crippen LogP contribution is -2.28. The van der Waals surface area contributed by atoms with Gasteiger partial charge in [0.2, 0.25) is 5.12 Å². The van der Waals surface area contributed by atoms with Gasteiger partial charge in [-0.1, -0.05) is 109 Å². The van der Waals surface area contributed by atoms with E-state index in [-0.39, 0.29) is 5.12 Å². The zero-order valence-electron chi connectivity index (χ0n) is 15.9. The van der Waals surface area contributed by atoms with E-state index >= 15 is 0 Å². The molecule has 0 saturated carbocycles. The Morgan fingerprint density at radius 3 is 1.28 bits per heavy atom. The van der Waals surface area contributed by atoms with Crippen LogP contribution in [0.25, 0.3) is 0 Å². The van der Waals surface area contributed by atoms with Gasteiger partial charge in [0.05, 0.1) is 0 Å². The zero-order valence-corrected chi connectivity index (χ0v) is 17.6. The highest BCUT2D eigenvalue weighted by atomic mass is 32.2. The number of benzene rings is 4. The van der Waals surface area contributed by atoms with Gasteiger partial charge in [0.1, 0.15) is 0 Å². The predicted molar refractivity (Wildman–Crippen MR) is 129 cm³/mol. The molecular formula is C26H21OPS. The summed E-state index contributed by atoms with van der Waals surface area (Å²) in [5.74, 6) is 1.98. The maximum absolute atomic E-state index is 13.3. The summed E-state index contributed by atoms with van der Waals surface area (Å²) in [7, 11) is 0. The van der Waals surface area contributed by atoms with Crippen molar-refractivity contribution in [2.75, 3.05) is 0 Å². The quantitative estimate of drug-likeness (QED) is 0.335. The lowest BCUT2D eigenvalue weighted by molar-refractivity contribution is -0.105. The van der Waals surface area contributed by atoms with Crippen LogP contribution < -0.4 is 15.9 Å². The maximum atomic E-state index is 13.3. The lowest BCUT2D eigenvalue weighted by atomic mass is 10.4. The van der Waals surface area contributed by atoms with Gasteiger partial charge in [-0.3, -0.25) is 4.79 Å². The van der Waals surface area contributed by atoms with Crippen LogP contribution in [0.3, 0.4) is 0 Å². The molecule has 3 heteroatoms. The number of hydrogen-bond acceptors (Lipinski definition) is 2. The summed E-state index contributed by atoms with van der Waals surface area (Å²) in [6, 6.07) is 41.1. The number of carbonyl (C=O) groups is 1. The van der Waals surface area contributed by atoms with Crippen LogP contribution in [0, 0.1) is 0 Å². The molecule has 0 heterocycles. The Hall–Kier alpha value is -2.80. The van der Waals surface area contributed by atoms with E-state index in [0.29, 0.717) is 0 Å². The second-order valence-electron chi connectivity index (χ2n) is 6.59. The summed E-state index contributed by atoms with van der Waals surface area (Å²) in [5, 5.41) is 3.61. The van der Waals surface area contributed by atoms with E-state index in [4.69, 9.17) is 0 Å². The molecule has 1 nitrogen and oxygen atoms in total. The molecule has 0 N–H and O–H groups in total. The van der Waals surface area contributed by atoms with Gasteiger partial charge in [-0.25, -0.2) is 0 Å². The van der Waals surface area contributed by atoms with Crippen LogP contribution in [0.5, 0.6) is 0 Å². The highest BCUT2D eigenvalue weighted by molar-refractivity contribution is 8.17. The van der Waals surface area contributed by atoms with Crippen LogP contribution in [-0.2, 0) is 4.79 Å². The van der Waals surface area contributed by atoms with E-state index in [1.165, 1.54) is 27.7 Å². The largest absolute Gasteiger partial charge is 0.282 e. The van der Waals surface area contributed by atoms with Crippen molar-refractivity contribution in [2.24, 2.45) is 0 Å². The molecule has 0 aliphatic carbocycles. The SMILES string of the molecule is O=C(C=P(c1ccccc1)(c1ccccc1)c1ccccc1)Sc1ccccc1. The first-order valence-corrected chi connectivity index (χ1v) is 12.1. The summed E-state index contributed by atoms with van der Waals surface area (Å²) in [4.78, 5) is 14.2. The summed E-state index contributed by atoms with van der Waals surface area (Å²) in [6.45, 7) is -2.24. The number of rotatable bonds is 5. The Bertz CT molecular complexity index is 1020. The second kappa shape index (κ2) is 9.13. The molecule has 0 spiro atoms. The van der Waals surface area contributed by atoms with Gasteiger partial charge >= 0.3 is 0 Å². The van der Waals surface area contributed by atoms with E-state index < -0.39 is 6.89 Å². The summed E-state index contributed by atoms with van der Waals surface area (Å²) >= 11 is 1.29. The Morgan fingerprint density at radius 2 is 0.897 bits per heavy atom. The van der Waals surface area contributed by atoms with Crippen molar-refractivity contribution < 1.29 is 4.79 Å². The van der Waals surface area contributed by atoms with Gasteiger partial charge in [0, 0.05) is 10.7 Å². The molecule has 0 radical (unpaired) electrons. The van der Waals surface area contributed by atoms with Crippen molar-refractivity contribution in [3.8, 4) is 0 Å². The van der Waals surface area contributed by atoms with E-state index in [2.05, 4.69) is 72.8 Å². The van der Waals surface area contributed by atoms with Crippen LogP contribution in [-0.4, -0.2) is 10.9 Å². The number of hydrogen-bond donors (Lipinski definition) is 0. The maximum Gasteiger partial charge on any atom is 0.217 e. The topological polar surface area (TPSA) is 17.1 Å². The fourth-order valence-corrected chi connectivity index (χ4v) is 8.25. The zero-order chi connectivity index (χ0) is 19.9. The molecular weight excluding hydrogens is 391 g/mol. The Morgan fingerprint density at radius 1 is 0.552 bits per heavy atom.